The Bertz CT molecular complexity index is 382. The summed E-state index contributed by atoms with van der Waals surface area (Å²) in [6.45, 7) is 0. The Balaban J connectivity index is 3.69. The molecule has 0 unspecified atom stereocenters. The SMILES string of the molecule is N#Cc1c(F)c(F)c(Cl)c(Cl)c1Cl. The molecule has 0 atom stereocenters. The van der Waals surface area contributed by atoms with Crippen LogP contribution in [0.25, 0.3) is 0 Å². The van der Waals surface area contributed by atoms with E-state index in [1.807, 2.05) is 0 Å². The number of benzene rings is 1. The smallest absolute Gasteiger partial charge is 0.180 e. The first-order chi connectivity index (χ1) is 6.00. The quantitative estimate of drug-likeness (QED) is 0.501. The van der Waals surface area contributed by atoms with Gasteiger partial charge < -0.3 is 0 Å². The second-order valence-electron chi connectivity index (χ2n) is 2.06. The van der Waals surface area contributed by atoms with Gasteiger partial charge in [0.25, 0.3) is 0 Å². The highest BCUT2D eigenvalue weighted by Gasteiger charge is 2.21. The molecule has 0 saturated heterocycles. The van der Waals surface area contributed by atoms with Crippen molar-refractivity contribution >= 4 is 34.8 Å². The molecule has 0 aromatic heterocycles. The molecule has 6 heteroatoms. The fraction of sp³-hybridized carbons (Fsp3) is 0. The minimum atomic E-state index is -1.39. The summed E-state index contributed by atoms with van der Waals surface area (Å²) in [6.07, 6.45) is 0. The topological polar surface area (TPSA) is 23.8 Å². The highest BCUT2D eigenvalue weighted by molar-refractivity contribution is 6.48. The summed E-state index contributed by atoms with van der Waals surface area (Å²) < 4.78 is 25.7. The molecule has 68 valence electrons. The van der Waals surface area contributed by atoms with Gasteiger partial charge in [-0.25, -0.2) is 8.78 Å². The molecule has 0 amide bonds. The standard InChI is InChI=1S/C7Cl3F2N/c8-3-2(1-13)6(11)7(12)5(10)4(3)9. The van der Waals surface area contributed by atoms with Crippen LogP contribution in [0.2, 0.25) is 15.1 Å². The van der Waals surface area contributed by atoms with E-state index in [0.717, 1.165) is 0 Å². The van der Waals surface area contributed by atoms with Crippen LogP contribution >= 0.6 is 34.8 Å². The van der Waals surface area contributed by atoms with Crippen LogP contribution in [0.3, 0.4) is 0 Å². The van der Waals surface area contributed by atoms with Crippen LogP contribution in [0.5, 0.6) is 0 Å². The average molecular weight is 242 g/mol. The Morgan fingerprint density at radius 2 is 1.46 bits per heavy atom. The largest absolute Gasteiger partial charge is 0.202 e. The van der Waals surface area contributed by atoms with Crippen molar-refractivity contribution in [3.8, 4) is 6.07 Å². The van der Waals surface area contributed by atoms with Crippen molar-refractivity contribution < 1.29 is 8.78 Å². The van der Waals surface area contributed by atoms with E-state index >= 15 is 0 Å². The zero-order chi connectivity index (χ0) is 10.2. The Labute approximate surface area is 87.4 Å². The van der Waals surface area contributed by atoms with Crippen molar-refractivity contribution in [2.45, 2.75) is 0 Å². The second kappa shape index (κ2) is 3.67. The molecule has 0 N–H and O–H groups in total. The summed E-state index contributed by atoms with van der Waals surface area (Å²) in [4.78, 5) is 0. The van der Waals surface area contributed by atoms with Gasteiger partial charge >= 0.3 is 0 Å². The molecular weight excluding hydrogens is 242 g/mol. The summed E-state index contributed by atoms with van der Waals surface area (Å²) in [5.74, 6) is -2.76. The maximum absolute atomic E-state index is 12.9. The van der Waals surface area contributed by atoms with Gasteiger partial charge in [0.1, 0.15) is 11.6 Å². The number of halogens is 5. The predicted molar refractivity (Wildman–Crippen MR) is 46.1 cm³/mol. The van der Waals surface area contributed by atoms with Crippen LogP contribution in [0.4, 0.5) is 8.78 Å². The van der Waals surface area contributed by atoms with Crippen LogP contribution in [0.15, 0.2) is 0 Å². The molecule has 0 radical (unpaired) electrons. The van der Waals surface area contributed by atoms with E-state index in [0.29, 0.717) is 0 Å². The van der Waals surface area contributed by atoms with E-state index in [1.54, 1.807) is 0 Å². The Morgan fingerprint density at radius 3 is 1.92 bits per heavy atom. The van der Waals surface area contributed by atoms with Gasteiger partial charge in [-0.15, -0.1) is 0 Å². The molecule has 0 aliphatic heterocycles. The molecule has 0 heterocycles. The number of nitriles is 1. The lowest BCUT2D eigenvalue weighted by Crippen LogP contribution is -1.94. The van der Waals surface area contributed by atoms with Gasteiger partial charge in [0, 0.05) is 0 Å². The fourth-order valence-corrected chi connectivity index (χ4v) is 1.33. The molecule has 0 spiro atoms. The van der Waals surface area contributed by atoms with Crippen LogP contribution in [-0.4, -0.2) is 0 Å². The first-order valence-electron chi connectivity index (χ1n) is 2.92. The van der Waals surface area contributed by atoms with E-state index in [9.17, 15) is 8.78 Å². The van der Waals surface area contributed by atoms with Crippen molar-refractivity contribution in [3.63, 3.8) is 0 Å². The predicted octanol–water partition coefficient (Wildman–Crippen LogP) is 3.80. The van der Waals surface area contributed by atoms with E-state index in [1.165, 1.54) is 6.07 Å². The molecule has 1 aromatic carbocycles. The maximum atomic E-state index is 12.9. The monoisotopic (exact) mass is 241 g/mol. The highest BCUT2D eigenvalue weighted by atomic mass is 35.5. The first-order valence-corrected chi connectivity index (χ1v) is 4.05. The van der Waals surface area contributed by atoms with Gasteiger partial charge in [0.2, 0.25) is 0 Å². The third-order valence-corrected chi connectivity index (χ3v) is 2.63. The molecule has 0 aliphatic rings. The number of nitrogens with zero attached hydrogens (tertiary/aromatic N) is 1. The van der Waals surface area contributed by atoms with Gasteiger partial charge in [-0.3, -0.25) is 0 Å². The minimum Gasteiger partial charge on any atom is -0.202 e. The van der Waals surface area contributed by atoms with Crippen molar-refractivity contribution in [3.05, 3.63) is 32.3 Å². The van der Waals surface area contributed by atoms with E-state index < -0.39 is 22.2 Å². The van der Waals surface area contributed by atoms with Crippen LogP contribution < -0.4 is 0 Å². The highest BCUT2D eigenvalue weighted by Crippen LogP contribution is 2.36. The van der Waals surface area contributed by atoms with Crippen LogP contribution in [-0.2, 0) is 0 Å². The van der Waals surface area contributed by atoms with Gasteiger partial charge in [-0.2, -0.15) is 5.26 Å². The summed E-state index contributed by atoms with van der Waals surface area (Å²) in [5, 5.41) is 7.03. The Kier molecular flexibility index (Phi) is 2.97. The van der Waals surface area contributed by atoms with Crippen molar-refractivity contribution in [2.24, 2.45) is 0 Å². The lowest BCUT2D eigenvalue weighted by Gasteiger charge is -2.03. The first kappa shape index (κ1) is 10.5. The molecule has 0 aliphatic carbocycles. The molecule has 0 bridgehead atoms. The van der Waals surface area contributed by atoms with Crippen LogP contribution in [0, 0.1) is 23.0 Å². The van der Waals surface area contributed by atoms with Gasteiger partial charge in [0.05, 0.1) is 15.1 Å². The third-order valence-electron chi connectivity index (χ3n) is 1.32. The lowest BCUT2D eigenvalue weighted by molar-refractivity contribution is 0.507. The molecule has 13 heavy (non-hydrogen) atoms. The third kappa shape index (κ3) is 1.58. The van der Waals surface area contributed by atoms with Gasteiger partial charge in [0.15, 0.2) is 11.6 Å². The number of hydrogen-bond donors (Lipinski definition) is 0. The Hall–Kier alpha value is -0.560. The zero-order valence-electron chi connectivity index (χ0n) is 5.84. The lowest BCUT2D eigenvalue weighted by atomic mass is 10.2. The van der Waals surface area contributed by atoms with E-state index in [-0.39, 0.29) is 10.0 Å². The van der Waals surface area contributed by atoms with Crippen molar-refractivity contribution in [2.75, 3.05) is 0 Å². The van der Waals surface area contributed by atoms with Crippen molar-refractivity contribution in [1.82, 2.24) is 0 Å². The fourth-order valence-electron chi connectivity index (χ4n) is 0.703. The molecule has 0 saturated carbocycles. The second-order valence-corrected chi connectivity index (χ2v) is 3.19. The van der Waals surface area contributed by atoms with Crippen LogP contribution in [0.1, 0.15) is 5.56 Å². The Morgan fingerprint density at radius 1 is 0.923 bits per heavy atom. The summed E-state index contributed by atoms with van der Waals surface area (Å²) in [5.41, 5.74) is -0.645. The average Bonchev–Trinajstić information content (AvgIpc) is 2.13. The van der Waals surface area contributed by atoms with E-state index in [4.69, 9.17) is 40.1 Å². The van der Waals surface area contributed by atoms with Gasteiger partial charge in [-0.1, -0.05) is 34.8 Å². The normalized spacial score (nSPS) is 9.85. The molecular formula is C7Cl3F2N. The maximum Gasteiger partial charge on any atom is 0.180 e. The summed E-state index contributed by atoms with van der Waals surface area (Å²) in [7, 11) is 0. The van der Waals surface area contributed by atoms with Crippen molar-refractivity contribution in [1.29, 1.82) is 5.26 Å². The van der Waals surface area contributed by atoms with E-state index in [2.05, 4.69) is 0 Å². The zero-order valence-corrected chi connectivity index (χ0v) is 8.10. The summed E-state index contributed by atoms with van der Waals surface area (Å²) >= 11 is 16.1. The number of hydrogen-bond acceptors (Lipinski definition) is 1. The minimum absolute atomic E-state index is 0.362. The molecule has 1 aromatic rings. The van der Waals surface area contributed by atoms with Gasteiger partial charge in [-0.05, 0) is 0 Å². The molecule has 1 rings (SSSR count). The molecule has 1 nitrogen and oxygen atoms in total. The summed E-state index contributed by atoms with van der Waals surface area (Å²) in [6, 6.07) is 1.38. The molecule has 0 fully saturated rings. The number of rotatable bonds is 0.